The van der Waals surface area contributed by atoms with Crippen LogP contribution >= 0.6 is 27.7 Å². The van der Waals surface area contributed by atoms with Crippen LogP contribution in [0.1, 0.15) is 45.2 Å². The lowest BCUT2D eigenvalue weighted by Gasteiger charge is -2.22. The fourth-order valence-corrected chi connectivity index (χ4v) is 3.05. The first-order valence-electron chi connectivity index (χ1n) is 6.76. The van der Waals surface area contributed by atoms with Crippen LogP contribution in [0, 0.1) is 0 Å². The molecule has 1 N–H and O–H groups in total. The molecule has 2 unspecified atom stereocenters. The first-order valence-corrected chi connectivity index (χ1v) is 8.71. The fourth-order valence-electron chi connectivity index (χ4n) is 1.98. The lowest BCUT2D eigenvalue weighted by atomic mass is 10.0. The Hall–Kier alpha value is 0.01000. The van der Waals surface area contributed by atoms with Crippen LogP contribution in [0.2, 0.25) is 0 Å². The number of thioether (sulfide) groups is 1. The predicted molar refractivity (Wildman–Crippen MR) is 87.4 cm³/mol. The zero-order valence-corrected chi connectivity index (χ0v) is 14.0. The first-order chi connectivity index (χ1) is 8.67. The summed E-state index contributed by atoms with van der Waals surface area (Å²) in [6.07, 6.45) is 2.37. The van der Waals surface area contributed by atoms with E-state index in [4.69, 9.17) is 0 Å². The molecule has 102 valence electrons. The monoisotopic (exact) mass is 329 g/mol. The Kier molecular flexibility index (Phi) is 8.03. The zero-order chi connectivity index (χ0) is 13.4. The Labute approximate surface area is 124 Å². The molecule has 0 fully saturated rings. The van der Waals surface area contributed by atoms with Gasteiger partial charge in [-0.2, -0.15) is 11.8 Å². The number of rotatable bonds is 8. The number of hydrogen-bond acceptors (Lipinski definition) is 2. The van der Waals surface area contributed by atoms with Crippen molar-refractivity contribution in [2.75, 3.05) is 11.5 Å². The van der Waals surface area contributed by atoms with Crippen molar-refractivity contribution in [3.05, 3.63) is 34.3 Å². The Balaban J connectivity index is 2.48. The summed E-state index contributed by atoms with van der Waals surface area (Å²) in [7, 11) is 0. The highest BCUT2D eigenvalue weighted by atomic mass is 79.9. The van der Waals surface area contributed by atoms with Crippen molar-refractivity contribution in [1.29, 1.82) is 0 Å². The lowest BCUT2D eigenvalue weighted by molar-refractivity contribution is 0.439. The Morgan fingerprint density at radius 3 is 2.44 bits per heavy atom. The topological polar surface area (TPSA) is 12.0 Å². The second-order valence-electron chi connectivity index (χ2n) is 4.57. The minimum absolute atomic E-state index is 0.472. The number of hydrogen-bond donors (Lipinski definition) is 1. The summed E-state index contributed by atoms with van der Waals surface area (Å²) >= 11 is 5.51. The summed E-state index contributed by atoms with van der Waals surface area (Å²) in [6, 6.07) is 9.71. The van der Waals surface area contributed by atoms with E-state index in [0.29, 0.717) is 12.1 Å². The zero-order valence-electron chi connectivity index (χ0n) is 11.6. The second-order valence-corrected chi connectivity index (χ2v) is 6.88. The molecular weight excluding hydrogens is 306 g/mol. The van der Waals surface area contributed by atoms with Gasteiger partial charge in [0, 0.05) is 16.6 Å². The van der Waals surface area contributed by atoms with Gasteiger partial charge < -0.3 is 5.32 Å². The summed E-state index contributed by atoms with van der Waals surface area (Å²) in [6.45, 7) is 6.75. The van der Waals surface area contributed by atoms with Crippen LogP contribution in [0.25, 0.3) is 0 Å². The van der Waals surface area contributed by atoms with Gasteiger partial charge in [0.2, 0.25) is 0 Å². The smallest absolute Gasteiger partial charge is 0.0319 e. The SMILES string of the molecule is CCSCCC(C)NC(CC)c1ccc(Br)cc1. The summed E-state index contributed by atoms with van der Waals surface area (Å²) < 4.78 is 1.15. The molecule has 0 aromatic heterocycles. The van der Waals surface area contributed by atoms with Gasteiger partial charge in [0.25, 0.3) is 0 Å². The van der Waals surface area contributed by atoms with Crippen molar-refractivity contribution in [1.82, 2.24) is 5.32 Å². The van der Waals surface area contributed by atoms with Gasteiger partial charge in [0.15, 0.2) is 0 Å². The lowest BCUT2D eigenvalue weighted by Crippen LogP contribution is -2.30. The highest BCUT2D eigenvalue weighted by Crippen LogP contribution is 2.20. The molecule has 0 spiro atoms. The largest absolute Gasteiger partial charge is 0.307 e. The van der Waals surface area contributed by atoms with Crippen molar-refractivity contribution < 1.29 is 0 Å². The maximum absolute atomic E-state index is 3.73. The maximum Gasteiger partial charge on any atom is 0.0319 e. The Bertz CT molecular complexity index is 326. The number of halogens is 1. The van der Waals surface area contributed by atoms with E-state index < -0.39 is 0 Å². The van der Waals surface area contributed by atoms with Crippen LogP contribution in [-0.4, -0.2) is 17.5 Å². The molecule has 1 nitrogen and oxygen atoms in total. The summed E-state index contributed by atoms with van der Waals surface area (Å²) in [4.78, 5) is 0. The van der Waals surface area contributed by atoms with E-state index in [-0.39, 0.29) is 0 Å². The third kappa shape index (κ3) is 5.77. The third-order valence-electron chi connectivity index (χ3n) is 3.07. The van der Waals surface area contributed by atoms with E-state index in [2.05, 4.69) is 66.3 Å². The van der Waals surface area contributed by atoms with Crippen LogP contribution in [0.15, 0.2) is 28.7 Å². The molecule has 1 aromatic rings. The fraction of sp³-hybridized carbons (Fsp3) is 0.600. The van der Waals surface area contributed by atoms with Crippen LogP contribution in [0.5, 0.6) is 0 Å². The minimum atomic E-state index is 0.472. The van der Waals surface area contributed by atoms with Gasteiger partial charge in [-0.25, -0.2) is 0 Å². The van der Waals surface area contributed by atoms with Gasteiger partial charge in [0.05, 0.1) is 0 Å². The molecule has 0 saturated heterocycles. The highest BCUT2D eigenvalue weighted by molar-refractivity contribution is 9.10. The standard InChI is InChI=1S/C15H24BrNS/c1-4-15(13-6-8-14(16)9-7-13)17-12(3)10-11-18-5-2/h6-9,12,15,17H,4-5,10-11H2,1-3H3. The van der Waals surface area contributed by atoms with E-state index in [1.165, 1.54) is 23.5 Å². The quantitative estimate of drug-likeness (QED) is 0.672. The average molecular weight is 330 g/mol. The molecule has 18 heavy (non-hydrogen) atoms. The molecule has 0 heterocycles. The van der Waals surface area contributed by atoms with Gasteiger partial charge in [0.1, 0.15) is 0 Å². The Morgan fingerprint density at radius 1 is 1.22 bits per heavy atom. The van der Waals surface area contributed by atoms with E-state index in [1.807, 2.05) is 11.8 Å². The average Bonchev–Trinajstić information content (AvgIpc) is 2.37. The van der Waals surface area contributed by atoms with E-state index >= 15 is 0 Å². The molecule has 0 saturated carbocycles. The normalized spacial score (nSPS) is 14.4. The van der Waals surface area contributed by atoms with Crippen molar-refractivity contribution in [3.8, 4) is 0 Å². The summed E-state index contributed by atoms with van der Waals surface area (Å²) in [5, 5.41) is 3.73. The molecular formula is C15H24BrNS. The van der Waals surface area contributed by atoms with Gasteiger partial charge >= 0.3 is 0 Å². The maximum atomic E-state index is 3.73. The molecule has 2 atom stereocenters. The predicted octanol–water partition coefficient (Wildman–Crippen LogP) is 5.02. The molecule has 0 bridgehead atoms. The highest BCUT2D eigenvalue weighted by Gasteiger charge is 2.12. The molecule has 3 heteroatoms. The van der Waals surface area contributed by atoms with Crippen molar-refractivity contribution in [2.45, 2.75) is 45.7 Å². The molecule has 0 aliphatic carbocycles. The van der Waals surface area contributed by atoms with Gasteiger partial charge in [-0.1, -0.05) is 41.9 Å². The van der Waals surface area contributed by atoms with Gasteiger partial charge in [-0.05, 0) is 49.0 Å². The molecule has 1 rings (SSSR count). The second kappa shape index (κ2) is 9.00. The molecule has 0 aliphatic rings. The third-order valence-corrected chi connectivity index (χ3v) is 4.53. The van der Waals surface area contributed by atoms with Crippen LogP contribution in [-0.2, 0) is 0 Å². The summed E-state index contributed by atoms with van der Waals surface area (Å²) in [5.74, 6) is 2.47. The number of benzene rings is 1. The molecule has 0 aliphatic heterocycles. The first kappa shape index (κ1) is 16.1. The van der Waals surface area contributed by atoms with Crippen LogP contribution in [0.4, 0.5) is 0 Å². The molecule has 0 amide bonds. The molecule has 0 radical (unpaired) electrons. The van der Waals surface area contributed by atoms with Crippen LogP contribution < -0.4 is 5.32 Å². The minimum Gasteiger partial charge on any atom is -0.307 e. The van der Waals surface area contributed by atoms with E-state index in [1.54, 1.807) is 0 Å². The number of nitrogens with one attached hydrogen (secondary N) is 1. The van der Waals surface area contributed by atoms with Crippen LogP contribution in [0.3, 0.4) is 0 Å². The van der Waals surface area contributed by atoms with Gasteiger partial charge in [-0.15, -0.1) is 0 Å². The Morgan fingerprint density at radius 2 is 1.89 bits per heavy atom. The van der Waals surface area contributed by atoms with Crippen molar-refractivity contribution in [3.63, 3.8) is 0 Å². The van der Waals surface area contributed by atoms with Crippen molar-refractivity contribution in [2.24, 2.45) is 0 Å². The molecule has 1 aromatic carbocycles. The van der Waals surface area contributed by atoms with E-state index in [0.717, 1.165) is 10.9 Å². The van der Waals surface area contributed by atoms with E-state index in [9.17, 15) is 0 Å². The van der Waals surface area contributed by atoms with Gasteiger partial charge in [-0.3, -0.25) is 0 Å². The summed E-state index contributed by atoms with van der Waals surface area (Å²) in [5.41, 5.74) is 1.38. The van der Waals surface area contributed by atoms with Crippen molar-refractivity contribution >= 4 is 27.7 Å².